The van der Waals surface area contributed by atoms with Crippen molar-refractivity contribution in [2.45, 2.75) is 145 Å². The Bertz CT molecular complexity index is 1690. The maximum atomic E-state index is 14.7. The molecule has 0 aliphatic heterocycles. The first-order valence-electron chi connectivity index (χ1n) is 20.1. The largest absolute Gasteiger partial charge is 0.481 e. The van der Waals surface area contributed by atoms with E-state index in [1.807, 2.05) is 0 Å². The van der Waals surface area contributed by atoms with Crippen LogP contribution in [0.15, 0.2) is 29.3 Å². The number of benzene rings is 1. The molecule has 9 heteroatoms. The number of aliphatic carboxylic acids is 1. The van der Waals surface area contributed by atoms with E-state index in [0.717, 1.165) is 56.9 Å². The van der Waals surface area contributed by atoms with Crippen LogP contribution in [0.5, 0.6) is 0 Å². The summed E-state index contributed by atoms with van der Waals surface area (Å²) in [6.45, 7) is 19.9. The summed E-state index contributed by atoms with van der Waals surface area (Å²) < 4.78 is 20.8. The monoisotopic (exact) mass is 755 g/mol. The van der Waals surface area contributed by atoms with E-state index >= 15 is 0 Å². The number of Topliss-reactive ketones (excluding diaryl/α,β-unsaturated/α-hetero) is 1. The molecule has 7 nitrogen and oxygen atoms in total. The fourth-order valence-corrected chi connectivity index (χ4v) is 13.3. The number of carbonyl (C=O) groups excluding carboxylic acids is 2. The molecule has 0 amide bonds. The van der Waals surface area contributed by atoms with Crippen molar-refractivity contribution in [2.75, 3.05) is 6.54 Å². The quantitative estimate of drug-likeness (QED) is 0.204. The second-order valence-electron chi connectivity index (χ2n) is 19.9. The zero-order chi connectivity index (χ0) is 39.1. The number of fused-ring (bicyclic) bond motifs is 7. The van der Waals surface area contributed by atoms with Gasteiger partial charge < -0.3 is 20.3 Å². The fraction of sp³-hybridized carbons (Fsp3) is 0.750. The first-order valence-corrected chi connectivity index (χ1v) is 20.5. The van der Waals surface area contributed by atoms with Crippen LogP contribution >= 0.6 is 11.6 Å². The molecule has 1 aromatic carbocycles. The van der Waals surface area contributed by atoms with Crippen molar-refractivity contribution < 1.29 is 33.7 Å². The molecule has 9 atom stereocenters. The number of esters is 1. The van der Waals surface area contributed by atoms with Gasteiger partial charge in [-0.05, 0) is 117 Å². The van der Waals surface area contributed by atoms with Gasteiger partial charge >= 0.3 is 11.9 Å². The van der Waals surface area contributed by atoms with Crippen LogP contribution in [0, 0.1) is 62.0 Å². The van der Waals surface area contributed by atoms with E-state index in [2.05, 4.69) is 53.8 Å². The minimum absolute atomic E-state index is 0.00641. The first-order chi connectivity index (χ1) is 24.6. The van der Waals surface area contributed by atoms with E-state index in [1.54, 1.807) is 26.0 Å². The van der Waals surface area contributed by atoms with Gasteiger partial charge in [0.1, 0.15) is 11.9 Å². The molecular weight excluding hydrogens is 693 g/mol. The van der Waals surface area contributed by atoms with Crippen molar-refractivity contribution in [3.63, 3.8) is 0 Å². The highest BCUT2D eigenvalue weighted by molar-refractivity contribution is 6.30. The molecule has 53 heavy (non-hydrogen) atoms. The van der Waals surface area contributed by atoms with Crippen LogP contribution in [0.2, 0.25) is 5.02 Å². The number of nitrogens with one attached hydrogen (secondary N) is 1. The van der Waals surface area contributed by atoms with Crippen LogP contribution in [-0.2, 0) is 25.7 Å². The third-order valence-electron chi connectivity index (χ3n) is 16.2. The summed E-state index contributed by atoms with van der Waals surface area (Å²) >= 11 is 6.03. The SMILES string of the molecule is CC(C)C1=C2[C@H]3CCC4[C@@]5(C)CC[C@H](OC(=O)CC(C)(C)C(=O)O)C(C)(C)C5CC[C@@]4(C)[C@]3(C)CC[C@@]2([C@H](O)CNCc2cccc(Cl)c2F)CC1=O. The van der Waals surface area contributed by atoms with Gasteiger partial charge in [-0.25, -0.2) is 4.39 Å². The second-order valence-corrected chi connectivity index (χ2v) is 20.3. The van der Waals surface area contributed by atoms with Gasteiger partial charge in [0.25, 0.3) is 0 Å². The normalized spacial score (nSPS) is 37.0. The number of aliphatic hydroxyl groups is 1. The molecule has 294 valence electrons. The third kappa shape index (κ3) is 6.24. The summed E-state index contributed by atoms with van der Waals surface area (Å²) in [5.41, 5.74) is 0.471. The van der Waals surface area contributed by atoms with Gasteiger partial charge in [-0.15, -0.1) is 0 Å². The molecule has 0 spiro atoms. The summed E-state index contributed by atoms with van der Waals surface area (Å²) in [5.74, 6) is -0.695. The topological polar surface area (TPSA) is 113 Å². The number of carboxylic acids is 1. The number of allylic oxidation sites excluding steroid dienone is 1. The molecule has 4 saturated carbocycles. The highest BCUT2D eigenvalue weighted by Gasteiger charge is 2.70. The Kier molecular flexibility index (Phi) is 10.5. The molecule has 0 bridgehead atoms. The lowest BCUT2D eigenvalue weighted by Crippen LogP contribution is -2.66. The van der Waals surface area contributed by atoms with E-state index < -0.39 is 34.7 Å². The van der Waals surface area contributed by atoms with Crippen molar-refractivity contribution in [1.82, 2.24) is 5.32 Å². The predicted octanol–water partition coefficient (Wildman–Crippen LogP) is 9.32. The van der Waals surface area contributed by atoms with E-state index in [9.17, 15) is 29.0 Å². The number of carboxylic acid groups (broad SMARTS) is 1. The predicted molar refractivity (Wildman–Crippen MR) is 204 cm³/mol. The lowest BCUT2D eigenvalue weighted by molar-refractivity contribution is -0.235. The van der Waals surface area contributed by atoms with Crippen LogP contribution in [0.1, 0.15) is 132 Å². The summed E-state index contributed by atoms with van der Waals surface area (Å²) in [6.07, 6.45) is 6.56. The average Bonchev–Trinajstić information content (AvgIpc) is 3.37. The van der Waals surface area contributed by atoms with Gasteiger partial charge in [0.05, 0.1) is 23.0 Å². The third-order valence-corrected chi connectivity index (χ3v) is 16.5. The van der Waals surface area contributed by atoms with Gasteiger partial charge in [-0.2, -0.15) is 0 Å². The van der Waals surface area contributed by atoms with E-state index in [1.165, 1.54) is 11.6 Å². The minimum Gasteiger partial charge on any atom is -0.481 e. The second kappa shape index (κ2) is 13.7. The Hall–Kier alpha value is -2.29. The number of ketones is 1. The summed E-state index contributed by atoms with van der Waals surface area (Å²) in [4.78, 5) is 38.8. The van der Waals surface area contributed by atoms with Crippen molar-refractivity contribution in [3.8, 4) is 0 Å². The van der Waals surface area contributed by atoms with Crippen LogP contribution in [0.3, 0.4) is 0 Å². The molecule has 1 aromatic rings. The van der Waals surface area contributed by atoms with Gasteiger partial charge in [0.2, 0.25) is 0 Å². The Balaban J connectivity index is 1.26. The molecular formula is C44H63ClFNO6. The summed E-state index contributed by atoms with van der Waals surface area (Å²) in [6, 6.07) is 4.95. The summed E-state index contributed by atoms with van der Waals surface area (Å²) in [7, 11) is 0. The fourth-order valence-electron chi connectivity index (χ4n) is 13.1. The van der Waals surface area contributed by atoms with Gasteiger partial charge in [-0.3, -0.25) is 14.4 Å². The highest BCUT2D eigenvalue weighted by Crippen LogP contribution is 2.77. The van der Waals surface area contributed by atoms with E-state index in [-0.39, 0.29) is 69.9 Å². The number of aliphatic hydroxyl groups excluding tert-OH is 1. The number of ether oxygens (including phenoxy) is 1. The zero-order valence-corrected chi connectivity index (χ0v) is 34.2. The standard InChI is InChI=1S/C44H63ClFNO6/c1-25(2)35-29(48)21-44(32(49)24-47-23-26-11-10-12-28(45)37(26)46)20-19-42(8)27(36(35)44)13-14-31-41(7)17-16-33(53-34(50)22-39(3,4)38(51)52)40(5,6)30(41)15-18-43(31,42)9/h10-12,25,27,30-33,47,49H,13-24H2,1-9H3,(H,51,52)/t27-,30?,31?,32-,33+,41+,42-,43-,44+/m1/s1. The molecule has 0 saturated heterocycles. The Labute approximate surface area is 321 Å². The van der Waals surface area contributed by atoms with Crippen molar-refractivity contribution >= 4 is 29.3 Å². The highest BCUT2D eigenvalue weighted by atomic mass is 35.5. The van der Waals surface area contributed by atoms with Crippen LogP contribution in [0.25, 0.3) is 0 Å². The minimum atomic E-state index is -1.18. The molecule has 6 rings (SSSR count). The number of hydrogen-bond donors (Lipinski definition) is 3. The summed E-state index contributed by atoms with van der Waals surface area (Å²) in [5, 5.41) is 25.1. The smallest absolute Gasteiger partial charge is 0.309 e. The van der Waals surface area contributed by atoms with E-state index in [0.29, 0.717) is 23.8 Å². The molecule has 0 aromatic heterocycles. The number of halogens is 2. The maximum Gasteiger partial charge on any atom is 0.309 e. The van der Waals surface area contributed by atoms with Crippen LogP contribution in [-0.4, -0.2) is 46.7 Å². The molecule has 2 unspecified atom stereocenters. The molecule has 5 aliphatic carbocycles. The van der Waals surface area contributed by atoms with Crippen LogP contribution in [0.4, 0.5) is 4.39 Å². The Morgan fingerprint density at radius 2 is 1.70 bits per heavy atom. The molecule has 0 heterocycles. The average molecular weight is 756 g/mol. The van der Waals surface area contributed by atoms with Gasteiger partial charge in [0.15, 0.2) is 5.78 Å². The van der Waals surface area contributed by atoms with Crippen molar-refractivity contribution in [1.29, 1.82) is 0 Å². The van der Waals surface area contributed by atoms with Gasteiger partial charge in [-0.1, -0.05) is 77.8 Å². The van der Waals surface area contributed by atoms with Crippen molar-refractivity contribution in [3.05, 3.63) is 45.7 Å². The zero-order valence-electron chi connectivity index (χ0n) is 33.5. The van der Waals surface area contributed by atoms with E-state index in [4.69, 9.17) is 16.3 Å². The van der Waals surface area contributed by atoms with Crippen molar-refractivity contribution in [2.24, 2.45) is 56.2 Å². The number of hydrogen-bond acceptors (Lipinski definition) is 6. The van der Waals surface area contributed by atoms with Gasteiger partial charge in [0, 0.05) is 35.9 Å². The molecule has 5 aliphatic rings. The molecule has 4 fully saturated rings. The lowest BCUT2D eigenvalue weighted by atomic mass is 9.33. The number of rotatable bonds is 10. The number of carbonyl (C=O) groups is 3. The molecule has 0 radical (unpaired) electrons. The lowest BCUT2D eigenvalue weighted by Gasteiger charge is -2.72. The Morgan fingerprint density at radius 3 is 2.36 bits per heavy atom. The molecule has 3 N–H and O–H groups in total. The maximum absolute atomic E-state index is 14.7. The Morgan fingerprint density at radius 1 is 1.00 bits per heavy atom. The first kappa shape index (κ1) is 40.4. The van der Waals surface area contributed by atoms with Crippen LogP contribution < -0.4 is 5.32 Å².